The Kier molecular flexibility index (Phi) is 10.0. The van der Waals surface area contributed by atoms with Crippen molar-refractivity contribution < 1.29 is 23.6 Å². The van der Waals surface area contributed by atoms with Crippen LogP contribution < -0.4 is 0 Å². The lowest BCUT2D eigenvalue weighted by atomic mass is 9.89. The molecule has 0 N–H and O–H groups in total. The van der Waals surface area contributed by atoms with E-state index in [4.69, 9.17) is 55.7 Å². The van der Waals surface area contributed by atoms with Crippen LogP contribution in [0.5, 0.6) is 0 Å². The van der Waals surface area contributed by atoms with E-state index in [0.29, 0.717) is 57.7 Å². The molecule has 0 radical (unpaired) electrons. The topological polar surface area (TPSA) is 103 Å². The molecule has 2 aromatic heterocycles. The van der Waals surface area contributed by atoms with E-state index < -0.39 is 34.3 Å². The number of likely N-dealkylation sites (tertiary alicyclic amines) is 1. The maximum Gasteiger partial charge on any atom is 0.410 e. The number of Topliss-reactive ketones (excluding diaryl/α,β-unsaturated/α-hetero) is 2. The summed E-state index contributed by atoms with van der Waals surface area (Å²) in [6.45, 7) is 5.76. The predicted molar refractivity (Wildman–Crippen MR) is 159 cm³/mol. The highest BCUT2D eigenvalue weighted by molar-refractivity contribution is 6.54. The standard InChI is InChI=1S/C29H29Cl4N3O5/c1-29(2,3)40-28(39)36-13-5-8-22(36)23(37)10-9-17(26(38)27(32)33)16-11-12-34-20(14-16)24-15-21(35-41-24)25-18(30)6-4-7-19(25)31/h4,6-7,11-12,14-15,17,22,27H,5,8-10,13H2,1-3H3. The summed E-state index contributed by atoms with van der Waals surface area (Å²) in [5.41, 5.74) is 1.23. The van der Waals surface area contributed by atoms with Crippen LogP contribution in [0.1, 0.15) is 57.9 Å². The third kappa shape index (κ3) is 7.60. The number of hydrogen-bond acceptors (Lipinski definition) is 7. The molecule has 0 spiro atoms. The van der Waals surface area contributed by atoms with Crippen molar-refractivity contribution in [3.63, 3.8) is 0 Å². The molecule has 218 valence electrons. The van der Waals surface area contributed by atoms with Gasteiger partial charge in [0, 0.05) is 36.7 Å². The van der Waals surface area contributed by atoms with Gasteiger partial charge in [0.15, 0.2) is 22.2 Å². The molecule has 3 aromatic rings. The van der Waals surface area contributed by atoms with Crippen LogP contribution in [0.15, 0.2) is 47.1 Å². The molecule has 1 aliphatic heterocycles. The van der Waals surface area contributed by atoms with E-state index in [-0.39, 0.29) is 18.6 Å². The molecule has 1 amide bonds. The minimum absolute atomic E-state index is 0.0377. The SMILES string of the molecule is CC(C)(C)OC(=O)N1CCCC1C(=O)CCC(C(=O)C(Cl)Cl)c1ccnc(-c2cc(-c3c(Cl)cccc3Cl)no2)c1. The van der Waals surface area contributed by atoms with Gasteiger partial charge >= 0.3 is 6.09 Å². The minimum atomic E-state index is -1.30. The van der Waals surface area contributed by atoms with E-state index in [1.54, 1.807) is 57.2 Å². The number of benzene rings is 1. The number of halogens is 4. The van der Waals surface area contributed by atoms with Gasteiger partial charge in [-0.3, -0.25) is 19.5 Å². The second kappa shape index (κ2) is 13.1. The smallest absolute Gasteiger partial charge is 0.410 e. The van der Waals surface area contributed by atoms with Crippen molar-refractivity contribution in [2.24, 2.45) is 0 Å². The largest absolute Gasteiger partial charge is 0.444 e. The second-order valence-electron chi connectivity index (χ2n) is 10.7. The molecular formula is C29H29Cl4N3O5. The Hall–Kier alpha value is -2.65. The van der Waals surface area contributed by atoms with Crippen LogP contribution in [0.25, 0.3) is 22.7 Å². The monoisotopic (exact) mass is 639 g/mol. The summed E-state index contributed by atoms with van der Waals surface area (Å²) in [4.78, 5) is 43.5. The maximum absolute atomic E-state index is 13.3. The normalized spacial score (nSPS) is 16.2. The Morgan fingerprint density at radius 3 is 2.46 bits per heavy atom. The zero-order valence-corrected chi connectivity index (χ0v) is 25.7. The number of ether oxygens (including phenoxy) is 1. The minimum Gasteiger partial charge on any atom is -0.444 e. The van der Waals surface area contributed by atoms with E-state index in [0.717, 1.165) is 0 Å². The van der Waals surface area contributed by atoms with Gasteiger partial charge in [-0.05, 0) is 69.9 Å². The van der Waals surface area contributed by atoms with Crippen LogP contribution in [0, 0.1) is 0 Å². The number of pyridine rings is 1. The average Bonchev–Trinajstić information content (AvgIpc) is 3.58. The van der Waals surface area contributed by atoms with E-state index in [1.807, 2.05) is 0 Å². The fraction of sp³-hybridized carbons (Fsp3) is 0.414. The Balaban J connectivity index is 1.54. The van der Waals surface area contributed by atoms with E-state index >= 15 is 0 Å². The van der Waals surface area contributed by atoms with Gasteiger partial charge in [0.1, 0.15) is 17.0 Å². The number of carbonyl (C=O) groups is 3. The number of alkyl halides is 2. The van der Waals surface area contributed by atoms with Gasteiger partial charge in [0.05, 0.1) is 16.1 Å². The Morgan fingerprint density at radius 2 is 1.80 bits per heavy atom. The molecule has 12 heteroatoms. The van der Waals surface area contributed by atoms with Gasteiger partial charge in [-0.2, -0.15) is 0 Å². The maximum atomic E-state index is 13.3. The molecule has 8 nitrogen and oxygen atoms in total. The van der Waals surface area contributed by atoms with E-state index in [9.17, 15) is 14.4 Å². The first-order chi connectivity index (χ1) is 19.4. The predicted octanol–water partition coefficient (Wildman–Crippen LogP) is 7.92. The number of carbonyl (C=O) groups excluding carboxylic acids is 3. The summed E-state index contributed by atoms with van der Waals surface area (Å²) in [5, 5.41) is 4.92. The summed E-state index contributed by atoms with van der Waals surface area (Å²) < 4.78 is 11.0. The number of rotatable bonds is 9. The van der Waals surface area contributed by atoms with Gasteiger partial charge < -0.3 is 9.26 Å². The van der Waals surface area contributed by atoms with E-state index in [2.05, 4.69) is 10.1 Å². The van der Waals surface area contributed by atoms with Crippen LogP contribution in [-0.2, 0) is 14.3 Å². The van der Waals surface area contributed by atoms with Crippen LogP contribution in [-0.4, -0.2) is 55.7 Å². The summed E-state index contributed by atoms with van der Waals surface area (Å²) >= 11 is 24.6. The summed E-state index contributed by atoms with van der Waals surface area (Å²) in [5.74, 6) is -1.07. The highest BCUT2D eigenvalue weighted by Gasteiger charge is 2.37. The van der Waals surface area contributed by atoms with Crippen molar-refractivity contribution in [2.45, 2.75) is 68.9 Å². The number of hydrogen-bond donors (Lipinski definition) is 0. The van der Waals surface area contributed by atoms with Crippen LogP contribution in [0.4, 0.5) is 4.79 Å². The van der Waals surface area contributed by atoms with Crippen molar-refractivity contribution in [2.75, 3.05) is 6.54 Å². The molecular weight excluding hydrogens is 612 g/mol. The van der Waals surface area contributed by atoms with Crippen LogP contribution in [0.3, 0.4) is 0 Å². The van der Waals surface area contributed by atoms with E-state index in [1.165, 1.54) is 11.1 Å². The van der Waals surface area contributed by atoms with Gasteiger partial charge in [-0.15, -0.1) is 0 Å². The Morgan fingerprint density at radius 1 is 1.10 bits per heavy atom. The lowest BCUT2D eigenvalue weighted by molar-refractivity contribution is -0.124. The molecule has 3 heterocycles. The molecule has 1 saturated heterocycles. The Bertz CT molecular complexity index is 1420. The number of amides is 1. The third-order valence-corrected chi connectivity index (χ3v) is 7.72. The fourth-order valence-corrected chi connectivity index (χ4v) is 5.67. The molecule has 41 heavy (non-hydrogen) atoms. The van der Waals surface area contributed by atoms with Gasteiger partial charge in [-0.1, -0.05) is 57.6 Å². The molecule has 0 saturated carbocycles. The molecule has 1 aliphatic rings. The lowest BCUT2D eigenvalue weighted by Crippen LogP contribution is -2.43. The lowest BCUT2D eigenvalue weighted by Gasteiger charge is -2.28. The van der Waals surface area contributed by atoms with Crippen molar-refractivity contribution >= 4 is 64.1 Å². The molecule has 0 aliphatic carbocycles. The number of aromatic nitrogens is 2. The molecule has 1 fully saturated rings. The first kappa shape index (κ1) is 31.3. The third-order valence-electron chi connectivity index (χ3n) is 6.66. The van der Waals surface area contributed by atoms with Gasteiger partial charge in [-0.25, -0.2) is 4.79 Å². The average molecular weight is 641 g/mol. The summed E-state index contributed by atoms with van der Waals surface area (Å²) in [6.07, 6.45) is 2.41. The van der Waals surface area contributed by atoms with Crippen molar-refractivity contribution in [1.82, 2.24) is 15.0 Å². The van der Waals surface area contributed by atoms with Crippen molar-refractivity contribution in [3.05, 3.63) is 58.2 Å². The summed E-state index contributed by atoms with van der Waals surface area (Å²) in [6, 6.07) is 9.49. The quantitative estimate of drug-likeness (QED) is 0.219. The first-order valence-electron chi connectivity index (χ1n) is 13.1. The van der Waals surface area contributed by atoms with Crippen molar-refractivity contribution in [1.29, 1.82) is 0 Å². The first-order valence-corrected chi connectivity index (χ1v) is 14.7. The number of ketones is 2. The highest BCUT2D eigenvalue weighted by atomic mass is 35.5. The molecule has 2 unspecified atom stereocenters. The number of nitrogens with zero attached hydrogens (tertiary/aromatic N) is 3. The molecule has 0 bridgehead atoms. The second-order valence-corrected chi connectivity index (χ2v) is 12.7. The molecule has 2 atom stereocenters. The zero-order valence-electron chi connectivity index (χ0n) is 22.7. The van der Waals surface area contributed by atoms with Crippen LogP contribution >= 0.6 is 46.4 Å². The summed E-state index contributed by atoms with van der Waals surface area (Å²) in [7, 11) is 0. The zero-order chi connectivity index (χ0) is 29.9. The van der Waals surface area contributed by atoms with Gasteiger partial charge in [0.2, 0.25) is 0 Å². The van der Waals surface area contributed by atoms with Crippen molar-refractivity contribution in [3.8, 4) is 22.7 Å². The molecule has 1 aromatic carbocycles. The van der Waals surface area contributed by atoms with Crippen LogP contribution in [0.2, 0.25) is 10.0 Å². The highest BCUT2D eigenvalue weighted by Crippen LogP contribution is 2.36. The Labute approximate surface area is 258 Å². The molecule has 4 rings (SSSR count). The van der Waals surface area contributed by atoms with Gasteiger partial charge in [0.25, 0.3) is 0 Å². The fourth-order valence-electron chi connectivity index (χ4n) is 4.77.